The Labute approximate surface area is 142 Å². The van der Waals surface area contributed by atoms with E-state index >= 15 is 0 Å². The van der Waals surface area contributed by atoms with Crippen LogP contribution >= 0.6 is 11.3 Å². The highest BCUT2D eigenvalue weighted by Gasteiger charge is 2.15. The highest BCUT2D eigenvalue weighted by atomic mass is 32.1. The predicted molar refractivity (Wildman–Crippen MR) is 89.8 cm³/mol. The zero-order valence-electron chi connectivity index (χ0n) is 13.3. The lowest BCUT2D eigenvalue weighted by Crippen LogP contribution is -2.10. The summed E-state index contributed by atoms with van der Waals surface area (Å²) in [6.07, 6.45) is 0. The van der Waals surface area contributed by atoms with Crippen LogP contribution in [0.2, 0.25) is 0 Å². The molecule has 0 radical (unpaired) electrons. The molecule has 2 aromatic heterocycles. The molecule has 3 aromatic rings. The smallest absolute Gasteiger partial charge is 0.296 e. The van der Waals surface area contributed by atoms with Gasteiger partial charge in [0.05, 0.1) is 25.6 Å². The lowest BCUT2D eigenvalue weighted by molar-refractivity contribution is 0.0988. The van der Waals surface area contributed by atoms with E-state index in [0.29, 0.717) is 22.3 Å². The van der Waals surface area contributed by atoms with Crippen LogP contribution in [0.5, 0.6) is 11.5 Å². The Morgan fingerprint density at radius 3 is 2.67 bits per heavy atom. The van der Waals surface area contributed by atoms with Crippen LogP contribution in [-0.2, 0) is 0 Å². The summed E-state index contributed by atoms with van der Waals surface area (Å²) in [5.74, 6) is 1.02. The summed E-state index contributed by atoms with van der Waals surface area (Å²) >= 11 is 1.32. The first-order valence-electron chi connectivity index (χ1n) is 7.03. The van der Waals surface area contributed by atoms with Gasteiger partial charge in [0.1, 0.15) is 0 Å². The van der Waals surface area contributed by atoms with Crippen LogP contribution in [0.15, 0.2) is 34.2 Å². The number of aryl methyl sites for hydroxylation is 1. The molecule has 124 valence electrons. The molecule has 8 heteroatoms. The van der Waals surface area contributed by atoms with Gasteiger partial charge in [-0.2, -0.15) is 0 Å². The highest BCUT2D eigenvalue weighted by Crippen LogP contribution is 2.33. The lowest BCUT2D eigenvalue weighted by atomic mass is 10.1. The number of rotatable bonds is 5. The fourth-order valence-electron chi connectivity index (χ4n) is 2.09. The van der Waals surface area contributed by atoms with Crippen molar-refractivity contribution < 1.29 is 18.8 Å². The quantitative estimate of drug-likeness (QED) is 0.763. The SMILES string of the molecule is COc1ccc(-c2csc(NC(=O)c3cc(C)no3)n2)cc1OC. The summed E-state index contributed by atoms with van der Waals surface area (Å²) in [6, 6.07) is 7.09. The Balaban J connectivity index is 1.79. The van der Waals surface area contributed by atoms with Gasteiger partial charge in [0, 0.05) is 17.0 Å². The number of hydrogen-bond donors (Lipinski definition) is 1. The normalized spacial score (nSPS) is 10.5. The second kappa shape index (κ2) is 6.71. The van der Waals surface area contributed by atoms with E-state index in [0.717, 1.165) is 11.3 Å². The first-order chi connectivity index (χ1) is 11.6. The van der Waals surface area contributed by atoms with E-state index < -0.39 is 0 Å². The van der Waals surface area contributed by atoms with Crippen LogP contribution < -0.4 is 14.8 Å². The molecule has 0 saturated heterocycles. The Kier molecular flexibility index (Phi) is 4.48. The van der Waals surface area contributed by atoms with E-state index in [1.807, 2.05) is 23.6 Å². The van der Waals surface area contributed by atoms with Crippen LogP contribution in [0.4, 0.5) is 5.13 Å². The number of nitrogens with zero attached hydrogens (tertiary/aromatic N) is 2. The standard InChI is InChI=1S/C16H15N3O4S/c1-9-6-14(23-19-9)15(20)18-16-17-11(8-24-16)10-4-5-12(21-2)13(7-10)22-3/h4-8H,1-3H3,(H,17,18,20). The third kappa shape index (κ3) is 3.23. The molecule has 0 aliphatic carbocycles. The van der Waals surface area contributed by atoms with Gasteiger partial charge in [-0.1, -0.05) is 5.16 Å². The highest BCUT2D eigenvalue weighted by molar-refractivity contribution is 7.14. The van der Waals surface area contributed by atoms with Crippen molar-refractivity contribution in [1.82, 2.24) is 10.1 Å². The molecule has 3 rings (SSSR count). The van der Waals surface area contributed by atoms with Crippen molar-refractivity contribution in [2.75, 3.05) is 19.5 Å². The topological polar surface area (TPSA) is 86.5 Å². The summed E-state index contributed by atoms with van der Waals surface area (Å²) in [7, 11) is 3.16. The summed E-state index contributed by atoms with van der Waals surface area (Å²) in [5.41, 5.74) is 2.23. The van der Waals surface area contributed by atoms with Crippen LogP contribution in [0.25, 0.3) is 11.3 Å². The van der Waals surface area contributed by atoms with Crippen LogP contribution in [0.3, 0.4) is 0 Å². The van der Waals surface area contributed by atoms with Crippen molar-refractivity contribution in [1.29, 1.82) is 0 Å². The molecule has 0 bridgehead atoms. The van der Waals surface area contributed by atoms with E-state index in [1.165, 1.54) is 11.3 Å². The van der Waals surface area contributed by atoms with Crippen LogP contribution in [0, 0.1) is 6.92 Å². The zero-order chi connectivity index (χ0) is 17.1. The minimum Gasteiger partial charge on any atom is -0.493 e. The molecular formula is C16H15N3O4S. The van der Waals surface area contributed by atoms with Gasteiger partial charge in [-0.25, -0.2) is 4.98 Å². The maximum atomic E-state index is 12.0. The first-order valence-corrected chi connectivity index (χ1v) is 7.91. The third-order valence-corrected chi connectivity index (χ3v) is 4.01. The molecule has 0 atom stereocenters. The van der Waals surface area contributed by atoms with Gasteiger partial charge >= 0.3 is 0 Å². The molecule has 0 fully saturated rings. The summed E-state index contributed by atoms with van der Waals surface area (Å²) < 4.78 is 15.4. The molecular weight excluding hydrogens is 330 g/mol. The minimum absolute atomic E-state index is 0.148. The molecule has 2 heterocycles. The zero-order valence-corrected chi connectivity index (χ0v) is 14.1. The number of nitrogens with one attached hydrogen (secondary N) is 1. The molecule has 1 amide bonds. The summed E-state index contributed by atoms with van der Waals surface area (Å²) in [4.78, 5) is 16.5. The lowest BCUT2D eigenvalue weighted by Gasteiger charge is -2.08. The number of benzene rings is 1. The fourth-order valence-corrected chi connectivity index (χ4v) is 2.80. The Morgan fingerprint density at radius 2 is 2.00 bits per heavy atom. The van der Waals surface area contributed by atoms with E-state index in [-0.39, 0.29) is 11.7 Å². The second-order valence-electron chi connectivity index (χ2n) is 4.89. The number of carbonyl (C=O) groups is 1. The van der Waals surface area contributed by atoms with Crippen molar-refractivity contribution in [2.45, 2.75) is 6.92 Å². The summed E-state index contributed by atoms with van der Waals surface area (Å²) in [5, 5.41) is 8.70. The van der Waals surface area contributed by atoms with Crippen molar-refractivity contribution in [3.63, 3.8) is 0 Å². The maximum Gasteiger partial charge on any atom is 0.296 e. The maximum absolute atomic E-state index is 12.0. The predicted octanol–water partition coefficient (Wildman–Crippen LogP) is 3.38. The Hall–Kier alpha value is -2.87. The third-order valence-electron chi connectivity index (χ3n) is 3.26. The first kappa shape index (κ1) is 16.0. The van der Waals surface area contributed by atoms with E-state index in [1.54, 1.807) is 27.2 Å². The van der Waals surface area contributed by atoms with E-state index in [4.69, 9.17) is 14.0 Å². The molecule has 0 aliphatic rings. The monoisotopic (exact) mass is 345 g/mol. The minimum atomic E-state index is -0.385. The average Bonchev–Trinajstić information content (AvgIpc) is 3.23. The van der Waals surface area contributed by atoms with Crippen molar-refractivity contribution in [3.05, 3.63) is 41.1 Å². The number of aromatic nitrogens is 2. The molecule has 0 aliphatic heterocycles. The molecule has 1 N–H and O–H groups in total. The number of amides is 1. The van der Waals surface area contributed by atoms with Gasteiger partial charge < -0.3 is 14.0 Å². The van der Waals surface area contributed by atoms with Crippen molar-refractivity contribution in [2.24, 2.45) is 0 Å². The van der Waals surface area contributed by atoms with Gasteiger partial charge in [0.25, 0.3) is 5.91 Å². The van der Waals surface area contributed by atoms with Crippen molar-refractivity contribution >= 4 is 22.4 Å². The van der Waals surface area contributed by atoms with Crippen LogP contribution in [-0.4, -0.2) is 30.3 Å². The Bertz CT molecular complexity index is 872. The van der Waals surface area contributed by atoms with Crippen LogP contribution in [0.1, 0.15) is 16.2 Å². The van der Waals surface area contributed by atoms with Gasteiger partial charge in [-0.3, -0.25) is 10.1 Å². The number of anilines is 1. The number of carbonyl (C=O) groups excluding carboxylic acids is 1. The molecule has 0 spiro atoms. The molecule has 7 nitrogen and oxygen atoms in total. The molecule has 24 heavy (non-hydrogen) atoms. The van der Waals surface area contributed by atoms with E-state index in [2.05, 4.69) is 15.5 Å². The molecule has 1 aromatic carbocycles. The van der Waals surface area contributed by atoms with Gasteiger partial charge in [-0.05, 0) is 25.1 Å². The molecule has 0 unspecified atom stereocenters. The van der Waals surface area contributed by atoms with Gasteiger partial charge in [-0.15, -0.1) is 11.3 Å². The van der Waals surface area contributed by atoms with Gasteiger partial charge in [0.2, 0.25) is 5.76 Å². The Morgan fingerprint density at radius 1 is 1.21 bits per heavy atom. The summed E-state index contributed by atoms with van der Waals surface area (Å²) in [6.45, 7) is 1.75. The van der Waals surface area contributed by atoms with Gasteiger partial charge in [0.15, 0.2) is 16.6 Å². The fraction of sp³-hybridized carbons (Fsp3) is 0.188. The number of methoxy groups -OCH3 is 2. The van der Waals surface area contributed by atoms with Crippen molar-refractivity contribution in [3.8, 4) is 22.8 Å². The average molecular weight is 345 g/mol. The second-order valence-corrected chi connectivity index (χ2v) is 5.75. The number of thiazole rings is 1. The number of ether oxygens (including phenoxy) is 2. The van der Waals surface area contributed by atoms with E-state index in [9.17, 15) is 4.79 Å². The number of hydrogen-bond acceptors (Lipinski definition) is 7. The molecule has 0 saturated carbocycles. The largest absolute Gasteiger partial charge is 0.493 e.